The van der Waals surface area contributed by atoms with E-state index in [9.17, 15) is 33.0 Å². The summed E-state index contributed by atoms with van der Waals surface area (Å²) in [6.45, 7) is 10.6. The van der Waals surface area contributed by atoms with Gasteiger partial charge < -0.3 is 24.6 Å². The quantitative estimate of drug-likeness (QED) is 0.349. The first-order valence-electron chi connectivity index (χ1n) is 12.4. The van der Waals surface area contributed by atoms with Gasteiger partial charge in [0, 0.05) is 23.4 Å². The highest BCUT2D eigenvalue weighted by molar-refractivity contribution is 7.91. The molecule has 1 amide bonds. The molecule has 1 fully saturated rings. The first kappa shape index (κ1) is 29.0. The van der Waals surface area contributed by atoms with E-state index in [1.165, 1.54) is 22.6 Å². The summed E-state index contributed by atoms with van der Waals surface area (Å²) in [7, 11) is -3.66. The molecule has 0 radical (unpaired) electrons. The number of aliphatic hydroxyl groups excluding tert-OH is 1. The van der Waals surface area contributed by atoms with Crippen LogP contribution in [0.25, 0.3) is 10.4 Å². The lowest BCUT2D eigenvalue weighted by Gasteiger charge is -2.50. The standard InChI is InChI=1S/C25H33N3O9S2/c1-12(29)15-18-25(6,8-9-36-23(33)37-13(2)24(3,4)5)16(17(22(31)32)28(18)20(15)30)14-10-27-11-26-19(21(27)38-14)39(7,34)35/h10-13,15,18,29H,8-9H2,1-7H3,(H,31,32)/t12-,13?,15-,18-,25+/m1/s1. The summed E-state index contributed by atoms with van der Waals surface area (Å²) >= 11 is 1.04. The first-order chi connectivity index (χ1) is 17.9. The van der Waals surface area contributed by atoms with Gasteiger partial charge in [-0.05, 0) is 25.7 Å². The van der Waals surface area contributed by atoms with Crippen molar-refractivity contribution in [2.24, 2.45) is 16.7 Å². The molecule has 1 unspecified atom stereocenters. The smallest absolute Gasteiger partial charge is 0.477 e. The number of rotatable bonds is 8. The summed E-state index contributed by atoms with van der Waals surface area (Å²) in [4.78, 5) is 43.8. The lowest BCUT2D eigenvalue weighted by Crippen LogP contribution is -2.66. The molecule has 4 heterocycles. The number of imidazole rings is 1. The van der Waals surface area contributed by atoms with Crippen LogP contribution >= 0.6 is 11.3 Å². The molecule has 1 saturated heterocycles. The average molecular weight is 584 g/mol. The SMILES string of the molecule is CC(OC(=O)OCC[C@@]1(C)C(c2cn3cnc(S(C)(=O)=O)c3s2)=C(C(=O)O)N2C(=O)[C@H]([C@@H](C)O)[C@@H]21)C(C)(C)C. The van der Waals surface area contributed by atoms with E-state index in [0.29, 0.717) is 15.3 Å². The van der Waals surface area contributed by atoms with E-state index in [2.05, 4.69) is 4.98 Å². The molecular weight excluding hydrogens is 550 g/mol. The Balaban J connectivity index is 1.75. The molecule has 5 atom stereocenters. The molecule has 4 rings (SSSR count). The second-order valence-electron chi connectivity index (χ2n) is 11.5. The van der Waals surface area contributed by atoms with Crippen molar-refractivity contribution in [3.8, 4) is 0 Å². The number of hydrogen-bond donors (Lipinski definition) is 2. The maximum atomic E-state index is 13.0. The zero-order valence-electron chi connectivity index (χ0n) is 22.8. The Hall–Kier alpha value is -2.97. The second-order valence-corrected chi connectivity index (χ2v) is 14.4. The molecule has 12 nitrogen and oxygen atoms in total. The van der Waals surface area contributed by atoms with Gasteiger partial charge in [0.15, 0.2) is 14.9 Å². The summed E-state index contributed by atoms with van der Waals surface area (Å²) in [5, 5.41) is 20.5. The van der Waals surface area contributed by atoms with Crippen LogP contribution in [-0.4, -0.2) is 82.1 Å². The molecule has 0 bridgehead atoms. The maximum Gasteiger partial charge on any atom is 0.508 e. The van der Waals surface area contributed by atoms with Crippen LogP contribution in [0, 0.1) is 16.7 Å². The number of carbonyl (C=O) groups is 3. The fraction of sp³-hybridized carbons (Fsp3) is 0.600. The average Bonchev–Trinajstić information content (AvgIpc) is 3.40. The van der Waals surface area contributed by atoms with Crippen LogP contribution in [0.2, 0.25) is 0 Å². The van der Waals surface area contributed by atoms with Gasteiger partial charge in [0.05, 0.1) is 29.5 Å². The summed E-state index contributed by atoms with van der Waals surface area (Å²) in [5.74, 6) is -2.72. The third-order valence-corrected chi connectivity index (χ3v) is 9.93. The highest BCUT2D eigenvalue weighted by atomic mass is 32.2. The number of amides is 1. The van der Waals surface area contributed by atoms with Crippen LogP contribution in [0.15, 0.2) is 23.2 Å². The Bertz CT molecular complexity index is 1480. The number of aliphatic hydroxyl groups is 1. The highest BCUT2D eigenvalue weighted by Gasteiger charge is 2.66. The zero-order valence-corrected chi connectivity index (χ0v) is 24.4. The second kappa shape index (κ2) is 9.59. The van der Waals surface area contributed by atoms with Crippen LogP contribution in [0.1, 0.15) is 52.8 Å². The molecule has 0 aromatic carbocycles. The van der Waals surface area contributed by atoms with E-state index < -0.39 is 57.5 Å². The van der Waals surface area contributed by atoms with Gasteiger partial charge in [-0.15, -0.1) is 11.3 Å². The summed E-state index contributed by atoms with van der Waals surface area (Å²) in [6, 6.07) is -0.715. The van der Waals surface area contributed by atoms with Crippen molar-refractivity contribution in [2.45, 2.75) is 71.2 Å². The Labute approximate surface area is 230 Å². The monoisotopic (exact) mass is 583 g/mol. The fourth-order valence-corrected chi connectivity index (χ4v) is 7.57. The van der Waals surface area contributed by atoms with E-state index in [0.717, 1.165) is 17.6 Å². The number of carbonyl (C=O) groups excluding carboxylic acids is 2. The van der Waals surface area contributed by atoms with Crippen molar-refractivity contribution >= 4 is 49.6 Å². The van der Waals surface area contributed by atoms with Gasteiger partial charge in [0.2, 0.25) is 5.91 Å². The minimum atomic E-state index is -3.66. The Morgan fingerprint density at radius 1 is 1.28 bits per heavy atom. The molecule has 0 aliphatic carbocycles. The number of hydrogen-bond acceptors (Lipinski definition) is 10. The number of aromatic nitrogens is 2. The molecule has 2 aromatic heterocycles. The van der Waals surface area contributed by atoms with Gasteiger partial charge in [-0.1, -0.05) is 27.7 Å². The lowest BCUT2D eigenvalue weighted by atomic mass is 9.66. The normalized spacial score (nSPS) is 24.9. The topological polar surface area (TPSA) is 165 Å². The van der Waals surface area contributed by atoms with Crippen molar-refractivity contribution in [1.82, 2.24) is 14.3 Å². The maximum absolute atomic E-state index is 13.0. The predicted molar refractivity (Wildman–Crippen MR) is 141 cm³/mol. The zero-order chi connectivity index (χ0) is 29.2. The van der Waals surface area contributed by atoms with Crippen molar-refractivity contribution < 1.29 is 42.5 Å². The molecule has 2 aliphatic rings. The molecule has 39 heavy (non-hydrogen) atoms. The number of fused-ring (bicyclic) bond motifs is 2. The van der Waals surface area contributed by atoms with Crippen LogP contribution in [0.3, 0.4) is 0 Å². The number of ether oxygens (including phenoxy) is 2. The summed E-state index contributed by atoms with van der Waals surface area (Å²) < 4.78 is 36.7. The Morgan fingerprint density at radius 3 is 2.46 bits per heavy atom. The molecule has 0 saturated carbocycles. The number of nitrogens with zero attached hydrogens (tertiary/aromatic N) is 3. The van der Waals surface area contributed by atoms with Crippen molar-refractivity contribution in [1.29, 1.82) is 0 Å². The van der Waals surface area contributed by atoms with E-state index >= 15 is 0 Å². The molecular formula is C25H33N3O9S2. The third-order valence-electron chi connectivity index (χ3n) is 7.68. The van der Waals surface area contributed by atoms with E-state index in [1.807, 2.05) is 20.8 Å². The van der Waals surface area contributed by atoms with E-state index in [1.54, 1.807) is 20.0 Å². The van der Waals surface area contributed by atoms with Crippen LogP contribution in [-0.2, 0) is 28.9 Å². The van der Waals surface area contributed by atoms with Gasteiger partial charge in [-0.3, -0.25) is 9.20 Å². The Morgan fingerprint density at radius 2 is 1.92 bits per heavy atom. The predicted octanol–water partition coefficient (Wildman–Crippen LogP) is 2.80. The van der Waals surface area contributed by atoms with Crippen LogP contribution in [0.4, 0.5) is 4.79 Å². The number of β-lactam (4-membered cyclic amide) rings is 1. The first-order valence-corrected chi connectivity index (χ1v) is 15.1. The van der Waals surface area contributed by atoms with Gasteiger partial charge in [0.1, 0.15) is 23.0 Å². The highest BCUT2D eigenvalue weighted by Crippen LogP contribution is 2.60. The molecule has 14 heteroatoms. The number of thiazole rings is 1. The minimum Gasteiger partial charge on any atom is -0.477 e. The number of aliphatic carboxylic acids is 1. The van der Waals surface area contributed by atoms with Crippen molar-refractivity contribution in [3.05, 3.63) is 23.1 Å². The molecule has 2 aromatic rings. The largest absolute Gasteiger partial charge is 0.508 e. The van der Waals surface area contributed by atoms with Gasteiger partial charge in [-0.2, -0.15) is 0 Å². The molecule has 2 aliphatic heterocycles. The van der Waals surface area contributed by atoms with Gasteiger partial charge >= 0.3 is 12.1 Å². The van der Waals surface area contributed by atoms with Crippen molar-refractivity contribution in [2.75, 3.05) is 12.9 Å². The van der Waals surface area contributed by atoms with Crippen molar-refractivity contribution in [3.63, 3.8) is 0 Å². The van der Waals surface area contributed by atoms with Gasteiger partial charge in [-0.25, -0.2) is 23.0 Å². The molecule has 0 spiro atoms. The number of sulfone groups is 1. The molecule has 2 N–H and O–H groups in total. The minimum absolute atomic E-state index is 0.111. The van der Waals surface area contributed by atoms with E-state index in [4.69, 9.17) is 9.47 Å². The van der Waals surface area contributed by atoms with Crippen LogP contribution in [0.5, 0.6) is 0 Å². The summed E-state index contributed by atoms with van der Waals surface area (Å²) in [5.41, 5.74) is -1.32. The number of carboxylic acid groups (broad SMARTS) is 1. The van der Waals surface area contributed by atoms with Gasteiger partial charge in [0.25, 0.3) is 0 Å². The fourth-order valence-electron chi connectivity index (χ4n) is 5.18. The molecule has 214 valence electrons. The van der Waals surface area contributed by atoms with Crippen LogP contribution < -0.4 is 0 Å². The lowest BCUT2D eigenvalue weighted by molar-refractivity contribution is -0.167. The third kappa shape index (κ3) is 4.82. The van der Waals surface area contributed by atoms with E-state index in [-0.39, 0.29) is 29.2 Å². The number of carboxylic acids is 1. The Kier molecular flexibility index (Phi) is 7.14. The summed E-state index contributed by atoms with van der Waals surface area (Å²) in [6.07, 6.45) is 1.70.